The lowest BCUT2D eigenvalue weighted by Gasteiger charge is -2.07. The van der Waals surface area contributed by atoms with E-state index in [1.807, 2.05) is 42.5 Å². The van der Waals surface area contributed by atoms with Gasteiger partial charge in [-0.05, 0) is 47.0 Å². The van der Waals surface area contributed by atoms with Crippen LogP contribution in [0, 0.1) is 0 Å². The monoisotopic (exact) mass is 406 g/mol. The molecule has 0 unspecified atom stereocenters. The first-order chi connectivity index (χ1) is 13.2. The Labute approximate surface area is 170 Å². The molecule has 130 valence electrons. The Morgan fingerprint density at radius 1 is 0.704 bits per heavy atom. The third kappa shape index (κ3) is 2.98. The lowest BCUT2D eigenvalue weighted by Crippen LogP contribution is -1.89. The van der Waals surface area contributed by atoms with Crippen molar-refractivity contribution in [3.05, 3.63) is 83.1 Å². The Balaban J connectivity index is 1.77. The van der Waals surface area contributed by atoms with Crippen LogP contribution in [0.25, 0.3) is 42.7 Å². The van der Waals surface area contributed by atoms with Crippen molar-refractivity contribution >= 4 is 54.8 Å². The molecule has 5 aromatic rings. The van der Waals surface area contributed by atoms with Crippen molar-refractivity contribution in [3.63, 3.8) is 0 Å². The highest BCUT2D eigenvalue weighted by Gasteiger charge is 2.15. The summed E-state index contributed by atoms with van der Waals surface area (Å²) in [4.78, 5) is 9.04. The molecule has 0 atom stereocenters. The third-order valence-electron chi connectivity index (χ3n) is 4.49. The molecule has 0 aliphatic heterocycles. The average Bonchev–Trinajstić information content (AvgIpc) is 3.05. The minimum atomic E-state index is 0.247. The summed E-state index contributed by atoms with van der Waals surface area (Å²) in [7, 11) is 0. The van der Waals surface area contributed by atoms with Crippen molar-refractivity contribution in [2.75, 3.05) is 0 Å². The van der Waals surface area contributed by atoms with Gasteiger partial charge in [-0.25, -0.2) is 9.97 Å². The Morgan fingerprint density at radius 3 is 2.33 bits per heavy atom. The molecule has 0 aliphatic rings. The molecule has 0 bridgehead atoms. The lowest BCUT2D eigenvalue weighted by molar-refractivity contribution is 1.24. The van der Waals surface area contributed by atoms with E-state index in [4.69, 9.17) is 23.2 Å². The van der Waals surface area contributed by atoms with Crippen molar-refractivity contribution in [1.29, 1.82) is 0 Å². The molecule has 27 heavy (non-hydrogen) atoms. The minimum Gasteiger partial charge on any atom is -0.216 e. The maximum Gasteiger partial charge on any atom is 0.223 e. The van der Waals surface area contributed by atoms with E-state index in [0.717, 1.165) is 37.1 Å². The van der Waals surface area contributed by atoms with Crippen LogP contribution in [-0.4, -0.2) is 9.97 Å². The fourth-order valence-electron chi connectivity index (χ4n) is 3.26. The number of nitrogens with zero attached hydrogens (tertiary/aromatic N) is 2. The molecular formula is C22H12Cl2N2S. The van der Waals surface area contributed by atoms with E-state index in [0.29, 0.717) is 5.02 Å². The smallest absolute Gasteiger partial charge is 0.216 e. The third-order valence-corrected chi connectivity index (χ3v) is 6.04. The second-order valence-corrected chi connectivity index (χ2v) is 8.04. The molecular weight excluding hydrogens is 395 g/mol. The fourth-order valence-corrected chi connectivity index (χ4v) is 4.86. The summed E-state index contributed by atoms with van der Waals surface area (Å²) >= 11 is 14.1. The van der Waals surface area contributed by atoms with E-state index in [1.165, 1.54) is 5.56 Å². The molecule has 0 fully saturated rings. The van der Waals surface area contributed by atoms with Gasteiger partial charge in [0.2, 0.25) is 5.28 Å². The van der Waals surface area contributed by atoms with Crippen LogP contribution in [0.2, 0.25) is 10.3 Å². The van der Waals surface area contributed by atoms with Gasteiger partial charge in [0.25, 0.3) is 0 Å². The van der Waals surface area contributed by atoms with Gasteiger partial charge < -0.3 is 0 Å². The van der Waals surface area contributed by atoms with Gasteiger partial charge >= 0.3 is 0 Å². The maximum absolute atomic E-state index is 6.28. The molecule has 0 aliphatic carbocycles. The van der Waals surface area contributed by atoms with Crippen LogP contribution in [-0.2, 0) is 0 Å². The van der Waals surface area contributed by atoms with Gasteiger partial charge in [0, 0.05) is 20.7 Å². The van der Waals surface area contributed by atoms with Gasteiger partial charge in [0.1, 0.15) is 0 Å². The second-order valence-electron chi connectivity index (χ2n) is 6.21. The summed E-state index contributed by atoms with van der Waals surface area (Å²) < 4.78 is 2.09. The summed E-state index contributed by atoms with van der Waals surface area (Å²) in [6, 6.07) is 24.5. The predicted molar refractivity (Wildman–Crippen MR) is 116 cm³/mol. The topological polar surface area (TPSA) is 25.8 Å². The summed E-state index contributed by atoms with van der Waals surface area (Å²) in [5, 5.41) is 2.00. The largest absolute Gasteiger partial charge is 0.223 e. The number of rotatable bonds is 2. The molecule has 0 saturated heterocycles. The molecule has 2 nitrogen and oxygen atoms in total. The quantitative estimate of drug-likeness (QED) is 0.283. The van der Waals surface area contributed by atoms with Crippen molar-refractivity contribution in [2.45, 2.75) is 0 Å². The van der Waals surface area contributed by atoms with Crippen LogP contribution in [0.5, 0.6) is 0 Å². The van der Waals surface area contributed by atoms with Crippen LogP contribution < -0.4 is 0 Å². The summed E-state index contributed by atoms with van der Waals surface area (Å²) in [6.45, 7) is 0. The first kappa shape index (κ1) is 16.7. The van der Waals surface area contributed by atoms with E-state index >= 15 is 0 Å². The first-order valence-electron chi connectivity index (χ1n) is 8.40. The Hall–Kier alpha value is -2.46. The standard InChI is InChI=1S/C22H12Cl2N2S/c23-16-9-10-17-18(12-16)27-21-19(25-22(24)26-20(17)21)15-8-4-7-14(11-15)13-5-2-1-3-6-13/h1-12H. The normalized spacial score (nSPS) is 11.3. The second kappa shape index (κ2) is 6.61. The number of thiophene rings is 1. The Morgan fingerprint density at radius 2 is 1.48 bits per heavy atom. The van der Waals surface area contributed by atoms with Crippen LogP contribution in [0.1, 0.15) is 0 Å². The average molecular weight is 407 g/mol. The number of hydrogen-bond acceptors (Lipinski definition) is 3. The van der Waals surface area contributed by atoms with E-state index < -0.39 is 0 Å². The molecule has 0 radical (unpaired) electrons. The first-order valence-corrected chi connectivity index (χ1v) is 9.97. The zero-order valence-electron chi connectivity index (χ0n) is 14.0. The number of fused-ring (bicyclic) bond motifs is 3. The zero-order chi connectivity index (χ0) is 18.4. The van der Waals surface area contributed by atoms with Crippen LogP contribution in [0.4, 0.5) is 0 Å². The molecule has 0 amide bonds. The van der Waals surface area contributed by atoms with Gasteiger partial charge in [-0.2, -0.15) is 0 Å². The molecule has 0 N–H and O–H groups in total. The molecule has 0 spiro atoms. The number of benzene rings is 3. The van der Waals surface area contributed by atoms with Crippen LogP contribution >= 0.6 is 34.5 Å². The van der Waals surface area contributed by atoms with Crippen molar-refractivity contribution in [3.8, 4) is 22.4 Å². The van der Waals surface area contributed by atoms with E-state index in [9.17, 15) is 0 Å². The van der Waals surface area contributed by atoms with E-state index in [2.05, 4.69) is 40.3 Å². The minimum absolute atomic E-state index is 0.247. The van der Waals surface area contributed by atoms with Gasteiger partial charge in [-0.15, -0.1) is 11.3 Å². The molecule has 2 heterocycles. The summed E-state index contributed by atoms with van der Waals surface area (Å²) in [5.74, 6) is 0. The summed E-state index contributed by atoms with van der Waals surface area (Å²) in [5.41, 5.74) is 5.04. The van der Waals surface area contributed by atoms with Gasteiger partial charge in [-0.3, -0.25) is 0 Å². The zero-order valence-corrected chi connectivity index (χ0v) is 16.3. The molecule has 0 saturated carbocycles. The molecule has 5 rings (SSSR count). The number of halogens is 2. The van der Waals surface area contributed by atoms with Crippen LogP contribution in [0.3, 0.4) is 0 Å². The molecule has 5 heteroatoms. The van der Waals surface area contributed by atoms with Gasteiger partial charge in [0.05, 0.1) is 15.9 Å². The highest BCUT2D eigenvalue weighted by atomic mass is 35.5. The van der Waals surface area contributed by atoms with E-state index in [1.54, 1.807) is 11.3 Å². The lowest BCUT2D eigenvalue weighted by atomic mass is 10.0. The highest BCUT2D eigenvalue weighted by Crippen LogP contribution is 2.40. The van der Waals surface area contributed by atoms with Crippen LogP contribution in [0.15, 0.2) is 72.8 Å². The molecule has 3 aromatic carbocycles. The Kier molecular flexibility index (Phi) is 4.09. The maximum atomic E-state index is 6.28. The van der Waals surface area contributed by atoms with Crippen molar-refractivity contribution in [1.82, 2.24) is 9.97 Å². The van der Waals surface area contributed by atoms with Crippen molar-refractivity contribution < 1.29 is 0 Å². The van der Waals surface area contributed by atoms with E-state index in [-0.39, 0.29) is 5.28 Å². The predicted octanol–water partition coefficient (Wildman–Crippen LogP) is 7.49. The number of aromatic nitrogens is 2. The van der Waals surface area contributed by atoms with Gasteiger partial charge in [-0.1, -0.05) is 60.1 Å². The SMILES string of the molecule is Clc1ccc2c(c1)sc1c(-c3cccc(-c4ccccc4)c3)nc(Cl)nc12. The fraction of sp³-hybridized carbons (Fsp3) is 0. The summed E-state index contributed by atoms with van der Waals surface area (Å²) in [6.07, 6.45) is 0. The molecule has 2 aromatic heterocycles. The Bertz CT molecular complexity index is 1300. The number of hydrogen-bond donors (Lipinski definition) is 0. The highest BCUT2D eigenvalue weighted by molar-refractivity contribution is 7.26. The van der Waals surface area contributed by atoms with Crippen molar-refractivity contribution in [2.24, 2.45) is 0 Å². The van der Waals surface area contributed by atoms with Gasteiger partial charge in [0.15, 0.2) is 0 Å².